The first kappa shape index (κ1) is 26.0. The molecule has 3 rings (SSSR count). The van der Waals surface area contributed by atoms with Gasteiger partial charge in [-0.2, -0.15) is 0 Å². The molecule has 2 aliphatic rings. The highest BCUT2D eigenvalue weighted by Crippen LogP contribution is 2.33. The molecule has 1 aromatic carbocycles. The maximum Gasteiger partial charge on any atom is 0.191 e. The van der Waals surface area contributed by atoms with E-state index in [0.29, 0.717) is 6.04 Å². The Morgan fingerprint density at radius 2 is 1.71 bits per heavy atom. The lowest BCUT2D eigenvalue weighted by Crippen LogP contribution is -2.51. The zero-order chi connectivity index (χ0) is 21.6. The van der Waals surface area contributed by atoms with Crippen LogP contribution in [-0.4, -0.2) is 63.8 Å². The van der Waals surface area contributed by atoms with Gasteiger partial charge in [0.15, 0.2) is 17.5 Å². The van der Waals surface area contributed by atoms with Crippen molar-refractivity contribution in [3.63, 3.8) is 0 Å². The molecular weight excluding hydrogens is 503 g/mol. The van der Waals surface area contributed by atoms with Gasteiger partial charge >= 0.3 is 0 Å². The molecule has 176 valence electrons. The van der Waals surface area contributed by atoms with Crippen molar-refractivity contribution in [3.8, 4) is 11.5 Å². The molecule has 1 saturated heterocycles. The summed E-state index contributed by atoms with van der Waals surface area (Å²) in [6.45, 7) is 7.65. The van der Waals surface area contributed by atoms with E-state index in [9.17, 15) is 0 Å². The van der Waals surface area contributed by atoms with E-state index in [0.717, 1.165) is 30.0 Å². The summed E-state index contributed by atoms with van der Waals surface area (Å²) in [6, 6.07) is 7.48. The number of piperidine rings is 1. The summed E-state index contributed by atoms with van der Waals surface area (Å²) < 4.78 is 10.9. The lowest BCUT2D eigenvalue weighted by atomic mass is 9.84. The largest absolute Gasteiger partial charge is 0.493 e. The number of hydrogen-bond acceptors (Lipinski definition) is 4. The van der Waals surface area contributed by atoms with Crippen LogP contribution in [0.4, 0.5) is 0 Å². The fourth-order valence-corrected chi connectivity index (χ4v) is 4.73. The third kappa shape index (κ3) is 6.88. The Bertz CT molecular complexity index is 712. The molecule has 0 atom stereocenters. The predicted octanol–water partition coefficient (Wildman–Crippen LogP) is 4.17. The van der Waals surface area contributed by atoms with Gasteiger partial charge in [-0.25, -0.2) is 0 Å². The van der Waals surface area contributed by atoms with Gasteiger partial charge in [-0.3, -0.25) is 4.99 Å². The van der Waals surface area contributed by atoms with Crippen LogP contribution in [0.25, 0.3) is 0 Å². The summed E-state index contributed by atoms with van der Waals surface area (Å²) in [5, 5.41) is 7.19. The molecule has 0 aromatic heterocycles. The van der Waals surface area contributed by atoms with Gasteiger partial charge < -0.3 is 25.0 Å². The van der Waals surface area contributed by atoms with Gasteiger partial charge in [0.1, 0.15) is 0 Å². The number of benzene rings is 1. The standard InChI is InChI=1S/C24H40N4O2.HI/c1-24(2,18-10-11-21(29-4)22(16-18)30-5)17-26-23(25-3)27-19-12-14-28(15-13-19)20-8-6-7-9-20;/h10-11,16,19-20H,6-9,12-15,17H2,1-5H3,(H2,25,26,27);1H. The van der Waals surface area contributed by atoms with Crippen molar-refractivity contribution < 1.29 is 9.47 Å². The molecule has 0 spiro atoms. The molecule has 1 saturated carbocycles. The number of nitrogens with one attached hydrogen (secondary N) is 2. The van der Waals surface area contributed by atoms with Gasteiger partial charge in [-0.05, 0) is 43.4 Å². The third-order valence-electron chi connectivity index (χ3n) is 6.80. The fraction of sp³-hybridized carbons (Fsp3) is 0.708. The summed E-state index contributed by atoms with van der Waals surface area (Å²) in [6.07, 6.45) is 8.00. The molecular formula is C24H41IN4O2. The number of likely N-dealkylation sites (tertiary alicyclic amines) is 1. The number of hydrogen-bond donors (Lipinski definition) is 2. The predicted molar refractivity (Wildman–Crippen MR) is 139 cm³/mol. The van der Waals surface area contributed by atoms with Crippen LogP contribution in [0.1, 0.15) is 57.9 Å². The van der Waals surface area contributed by atoms with Crippen LogP contribution in [-0.2, 0) is 5.41 Å². The number of aliphatic imine (C=N–C) groups is 1. The lowest BCUT2D eigenvalue weighted by Gasteiger charge is -2.37. The van der Waals surface area contributed by atoms with Crippen molar-refractivity contribution in [1.82, 2.24) is 15.5 Å². The molecule has 0 bridgehead atoms. The van der Waals surface area contributed by atoms with Crippen molar-refractivity contribution >= 4 is 29.9 Å². The average Bonchev–Trinajstić information content (AvgIpc) is 3.31. The molecule has 2 fully saturated rings. The number of methoxy groups -OCH3 is 2. The number of rotatable bonds is 7. The quantitative estimate of drug-likeness (QED) is 0.307. The zero-order valence-electron chi connectivity index (χ0n) is 19.9. The van der Waals surface area contributed by atoms with Crippen LogP contribution < -0.4 is 20.1 Å². The minimum absolute atomic E-state index is 0. The van der Waals surface area contributed by atoms with Crippen LogP contribution in [0.15, 0.2) is 23.2 Å². The summed E-state index contributed by atoms with van der Waals surface area (Å²) >= 11 is 0. The second-order valence-corrected chi connectivity index (χ2v) is 9.27. The van der Waals surface area contributed by atoms with Crippen LogP contribution in [0.5, 0.6) is 11.5 Å². The van der Waals surface area contributed by atoms with E-state index in [2.05, 4.69) is 46.5 Å². The minimum Gasteiger partial charge on any atom is -0.493 e. The molecule has 31 heavy (non-hydrogen) atoms. The van der Waals surface area contributed by atoms with Crippen LogP contribution in [0.2, 0.25) is 0 Å². The summed E-state index contributed by atoms with van der Waals surface area (Å²) in [4.78, 5) is 7.18. The molecule has 1 aromatic rings. The Hall–Kier alpha value is -1.22. The van der Waals surface area contributed by atoms with Crippen LogP contribution >= 0.6 is 24.0 Å². The summed E-state index contributed by atoms with van der Waals surface area (Å²) in [5.74, 6) is 2.41. The lowest BCUT2D eigenvalue weighted by molar-refractivity contribution is 0.150. The molecule has 0 unspecified atom stereocenters. The minimum atomic E-state index is -0.0803. The Morgan fingerprint density at radius 3 is 2.29 bits per heavy atom. The van der Waals surface area contributed by atoms with E-state index in [4.69, 9.17) is 9.47 Å². The Balaban J connectivity index is 0.00000341. The Labute approximate surface area is 205 Å². The van der Waals surface area contributed by atoms with Gasteiger partial charge in [0.25, 0.3) is 0 Å². The maximum absolute atomic E-state index is 5.48. The smallest absolute Gasteiger partial charge is 0.191 e. The van der Waals surface area contributed by atoms with Crippen molar-refractivity contribution in [2.45, 2.75) is 69.9 Å². The normalized spacial score (nSPS) is 19.1. The molecule has 1 aliphatic carbocycles. The fourth-order valence-electron chi connectivity index (χ4n) is 4.73. The summed E-state index contributed by atoms with van der Waals surface area (Å²) in [5.41, 5.74) is 1.12. The van der Waals surface area contributed by atoms with Gasteiger partial charge in [0.2, 0.25) is 0 Å². The first-order valence-corrected chi connectivity index (χ1v) is 11.4. The molecule has 6 nitrogen and oxygen atoms in total. The number of ether oxygens (including phenoxy) is 2. The first-order chi connectivity index (χ1) is 14.5. The van der Waals surface area contributed by atoms with Crippen molar-refractivity contribution in [1.29, 1.82) is 0 Å². The van der Waals surface area contributed by atoms with Gasteiger partial charge in [-0.15, -0.1) is 24.0 Å². The SMILES string of the molecule is CN=C(NCC(C)(C)c1ccc(OC)c(OC)c1)NC1CCN(C2CCCC2)CC1.I. The number of guanidine groups is 1. The monoisotopic (exact) mass is 544 g/mol. The Morgan fingerprint density at radius 1 is 1.06 bits per heavy atom. The average molecular weight is 545 g/mol. The van der Waals surface area contributed by atoms with E-state index in [1.54, 1.807) is 14.2 Å². The zero-order valence-corrected chi connectivity index (χ0v) is 22.2. The van der Waals surface area contributed by atoms with E-state index >= 15 is 0 Å². The molecule has 1 aliphatic heterocycles. The van der Waals surface area contributed by atoms with Gasteiger partial charge in [0, 0.05) is 44.2 Å². The molecule has 2 N–H and O–H groups in total. The summed E-state index contributed by atoms with van der Waals surface area (Å²) in [7, 11) is 5.20. The molecule has 0 radical (unpaired) electrons. The highest BCUT2D eigenvalue weighted by atomic mass is 127. The topological polar surface area (TPSA) is 58.1 Å². The van der Waals surface area contributed by atoms with E-state index in [1.807, 2.05) is 13.1 Å². The molecule has 1 heterocycles. The second-order valence-electron chi connectivity index (χ2n) is 9.27. The Kier molecular flexibility index (Phi) is 10.2. The molecule has 0 amide bonds. The van der Waals surface area contributed by atoms with Crippen LogP contribution in [0, 0.1) is 0 Å². The first-order valence-electron chi connectivity index (χ1n) is 11.4. The highest BCUT2D eigenvalue weighted by Gasteiger charge is 2.28. The maximum atomic E-state index is 5.48. The number of halogens is 1. The van der Waals surface area contributed by atoms with E-state index in [-0.39, 0.29) is 29.4 Å². The third-order valence-corrected chi connectivity index (χ3v) is 6.80. The van der Waals surface area contributed by atoms with E-state index < -0.39 is 0 Å². The van der Waals surface area contributed by atoms with Crippen molar-refractivity contribution in [3.05, 3.63) is 23.8 Å². The molecule has 7 heteroatoms. The second kappa shape index (κ2) is 12.1. The van der Waals surface area contributed by atoms with Gasteiger partial charge in [-0.1, -0.05) is 32.8 Å². The van der Waals surface area contributed by atoms with Gasteiger partial charge in [0.05, 0.1) is 14.2 Å². The van der Waals surface area contributed by atoms with E-state index in [1.165, 1.54) is 57.2 Å². The highest BCUT2D eigenvalue weighted by molar-refractivity contribution is 14.0. The van der Waals surface area contributed by atoms with Crippen LogP contribution in [0.3, 0.4) is 0 Å². The van der Waals surface area contributed by atoms with Crippen molar-refractivity contribution in [2.75, 3.05) is 40.9 Å². The van der Waals surface area contributed by atoms with Crippen molar-refractivity contribution in [2.24, 2.45) is 4.99 Å². The number of nitrogens with zero attached hydrogens (tertiary/aromatic N) is 2.